The molecule has 1 heterocycles. The third kappa shape index (κ3) is 2.35. The summed E-state index contributed by atoms with van der Waals surface area (Å²) >= 11 is 0. The Morgan fingerprint density at radius 2 is 2.18 bits per heavy atom. The van der Waals surface area contributed by atoms with Gasteiger partial charge in [0.05, 0.1) is 12.7 Å². The second-order valence-electron chi connectivity index (χ2n) is 3.08. The fraction of sp³-hybridized carbons (Fsp3) is 0.333. The Morgan fingerprint density at radius 1 is 1.59 bits per heavy atom. The van der Waals surface area contributed by atoms with E-state index in [0.29, 0.717) is 0 Å². The van der Waals surface area contributed by atoms with Crippen LogP contribution in [0, 0.1) is 17.0 Å². The molecule has 0 aromatic carbocycles. The SMILES string of the molecule is COC(=O)c1cnc([N+](=O)[O-])c(C)c1C(F)F. The van der Waals surface area contributed by atoms with Crippen molar-refractivity contribution in [2.75, 3.05) is 7.11 Å². The normalized spacial score (nSPS) is 10.4. The minimum Gasteiger partial charge on any atom is -0.465 e. The van der Waals surface area contributed by atoms with Crippen molar-refractivity contribution < 1.29 is 23.2 Å². The zero-order chi connectivity index (χ0) is 13.2. The van der Waals surface area contributed by atoms with Crippen LogP contribution in [0.3, 0.4) is 0 Å². The van der Waals surface area contributed by atoms with Gasteiger partial charge in [0.1, 0.15) is 5.56 Å². The summed E-state index contributed by atoms with van der Waals surface area (Å²) in [5.74, 6) is -1.71. The van der Waals surface area contributed by atoms with E-state index in [2.05, 4.69) is 9.72 Å². The molecule has 0 aliphatic rings. The highest BCUT2D eigenvalue weighted by atomic mass is 19.3. The van der Waals surface area contributed by atoms with Crippen LogP contribution in [0.25, 0.3) is 0 Å². The van der Waals surface area contributed by atoms with Crippen LogP contribution in [-0.4, -0.2) is 23.0 Å². The van der Waals surface area contributed by atoms with Gasteiger partial charge >= 0.3 is 11.8 Å². The number of pyridine rings is 1. The molecule has 0 saturated heterocycles. The first-order valence-corrected chi connectivity index (χ1v) is 4.40. The van der Waals surface area contributed by atoms with Crippen molar-refractivity contribution in [1.82, 2.24) is 4.98 Å². The molecule has 0 N–H and O–H groups in total. The van der Waals surface area contributed by atoms with E-state index in [1.807, 2.05) is 0 Å². The van der Waals surface area contributed by atoms with Gasteiger partial charge in [-0.2, -0.15) is 0 Å². The summed E-state index contributed by atoms with van der Waals surface area (Å²) in [4.78, 5) is 24.2. The van der Waals surface area contributed by atoms with Gasteiger partial charge in [-0.05, 0) is 16.8 Å². The third-order valence-electron chi connectivity index (χ3n) is 2.14. The molecule has 0 aliphatic heterocycles. The molecule has 0 amide bonds. The van der Waals surface area contributed by atoms with Gasteiger partial charge < -0.3 is 14.9 Å². The molecule has 6 nitrogen and oxygen atoms in total. The van der Waals surface area contributed by atoms with Gasteiger partial charge in [0.25, 0.3) is 6.43 Å². The lowest BCUT2D eigenvalue weighted by molar-refractivity contribution is -0.390. The van der Waals surface area contributed by atoms with E-state index >= 15 is 0 Å². The molecule has 17 heavy (non-hydrogen) atoms. The molecule has 0 bridgehead atoms. The van der Waals surface area contributed by atoms with E-state index in [9.17, 15) is 23.7 Å². The molecular weight excluding hydrogens is 238 g/mol. The van der Waals surface area contributed by atoms with Crippen LogP contribution in [0.4, 0.5) is 14.6 Å². The van der Waals surface area contributed by atoms with E-state index in [4.69, 9.17) is 0 Å². The van der Waals surface area contributed by atoms with Crippen LogP contribution >= 0.6 is 0 Å². The lowest BCUT2D eigenvalue weighted by atomic mass is 10.1. The number of nitro groups is 1. The van der Waals surface area contributed by atoms with Crippen molar-refractivity contribution >= 4 is 11.8 Å². The predicted octanol–water partition coefficient (Wildman–Crippen LogP) is 2.02. The van der Waals surface area contributed by atoms with E-state index < -0.39 is 34.3 Å². The van der Waals surface area contributed by atoms with Crippen LogP contribution in [0.1, 0.15) is 27.9 Å². The number of nitrogens with zero attached hydrogens (tertiary/aromatic N) is 2. The van der Waals surface area contributed by atoms with Crippen LogP contribution in [0.2, 0.25) is 0 Å². The molecule has 0 unspecified atom stereocenters. The summed E-state index contributed by atoms with van der Waals surface area (Å²) in [6.07, 6.45) is -2.30. The van der Waals surface area contributed by atoms with E-state index in [-0.39, 0.29) is 5.56 Å². The van der Waals surface area contributed by atoms with Crippen LogP contribution in [0.5, 0.6) is 0 Å². The van der Waals surface area contributed by atoms with Gasteiger partial charge in [0, 0.05) is 5.56 Å². The summed E-state index contributed by atoms with van der Waals surface area (Å²) in [5.41, 5.74) is -1.53. The zero-order valence-electron chi connectivity index (χ0n) is 8.94. The fourth-order valence-electron chi connectivity index (χ4n) is 1.35. The molecule has 0 radical (unpaired) electrons. The number of ether oxygens (including phenoxy) is 1. The first-order valence-electron chi connectivity index (χ1n) is 4.40. The van der Waals surface area contributed by atoms with Gasteiger partial charge in [-0.1, -0.05) is 0 Å². The van der Waals surface area contributed by atoms with E-state index in [1.54, 1.807) is 0 Å². The van der Waals surface area contributed by atoms with Crippen molar-refractivity contribution in [2.45, 2.75) is 13.3 Å². The van der Waals surface area contributed by atoms with Crippen molar-refractivity contribution in [3.63, 3.8) is 0 Å². The Kier molecular flexibility index (Phi) is 3.66. The summed E-state index contributed by atoms with van der Waals surface area (Å²) in [5, 5.41) is 10.5. The average molecular weight is 246 g/mol. The minimum atomic E-state index is -3.02. The number of hydrogen-bond acceptors (Lipinski definition) is 5. The highest BCUT2D eigenvalue weighted by molar-refractivity contribution is 5.91. The van der Waals surface area contributed by atoms with Gasteiger partial charge in [0.15, 0.2) is 6.20 Å². The Bertz CT molecular complexity index is 476. The topological polar surface area (TPSA) is 82.3 Å². The molecule has 1 rings (SSSR count). The van der Waals surface area contributed by atoms with Gasteiger partial charge in [0.2, 0.25) is 0 Å². The molecule has 8 heteroatoms. The third-order valence-corrected chi connectivity index (χ3v) is 2.14. The molecule has 0 aliphatic carbocycles. The maximum atomic E-state index is 12.8. The Balaban J connectivity index is 3.50. The second-order valence-corrected chi connectivity index (χ2v) is 3.08. The largest absolute Gasteiger partial charge is 0.465 e. The molecule has 0 atom stereocenters. The zero-order valence-corrected chi connectivity index (χ0v) is 8.94. The Labute approximate surface area is 94.4 Å². The fourth-order valence-corrected chi connectivity index (χ4v) is 1.35. The van der Waals surface area contributed by atoms with E-state index in [1.165, 1.54) is 0 Å². The van der Waals surface area contributed by atoms with Gasteiger partial charge in [-0.25, -0.2) is 13.6 Å². The molecule has 92 valence electrons. The molecule has 1 aromatic rings. The highest BCUT2D eigenvalue weighted by Gasteiger charge is 2.28. The second kappa shape index (κ2) is 4.81. The molecule has 0 fully saturated rings. The number of methoxy groups -OCH3 is 1. The number of carbonyl (C=O) groups excluding carboxylic acids is 1. The molecule has 1 aromatic heterocycles. The number of alkyl halides is 2. The smallest absolute Gasteiger partial charge is 0.366 e. The predicted molar refractivity (Wildman–Crippen MR) is 51.9 cm³/mol. The number of aromatic nitrogens is 1. The van der Waals surface area contributed by atoms with Crippen molar-refractivity contribution in [3.8, 4) is 0 Å². The molecule has 0 spiro atoms. The number of halogens is 2. The monoisotopic (exact) mass is 246 g/mol. The number of carbonyl (C=O) groups is 1. The summed E-state index contributed by atoms with van der Waals surface area (Å²) in [7, 11) is 1.02. The Morgan fingerprint density at radius 3 is 2.59 bits per heavy atom. The lowest BCUT2D eigenvalue weighted by Gasteiger charge is -2.08. The maximum Gasteiger partial charge on any atom is 0.366 e. The summed E-state index contributed by atoms with van der Waals surface area (Å²) in [6, 6.07) is 0. The lowest BCUT2D eigenvalue weighted by Crippen LogP contribution is -2.10. The molecular formula is C9H8F2N2O4. The standard InChI is InChI=1S/C9H8F2N2O4/c1-4-6(7(10)11)5(9(14)17-2)3-12-8(4)13(15)16/h3,7H,1-2H3. The van der Waals surface area contributed by atoms with Crippen molar-refractivity contribution in [3.05, 3.63) is 33.0 Å². The van der Waals surface area contributed by atoms with Crippen LogP contribution in [-0.2, 0) is 4.74 Å². The summed E-state index contributed by atoms with van der Waals surface area (Å²) in [6.45, 7) is 1.11. The van der Waals surface area contributed by atoms with Gasteiger partial charge in [-0.3, -0.25) is 0 Å². The first-order chi connectivity index (χ1) is 7.90. The average Bonchev–Trinajstić information content (AvgIpc) is 2.26. The number of hydrogen-bond donors (Lipinski definition) is 0. The first kappa shape index (κ1) is 12.9. The Hall–Kier alpha value is -2.12. The quantitative estimate of drug-likeness (QED) is 0.463. The maximum absolute atomic E-state index is 12.8. The van der Waals surface area contributed by atoms with Crippen molar-refractivity contribution in [2.24, 2.45) is 0 Å². The van der Waals surface area contributed by atoms with Crippen LogP contribution < -0.4 is 0 Å². The molecule has 0 saturated carbocycles. The van der Waals surface area contributed by atoms with Crippen molar-refractivity contribution in [1.29, 1.82) is 0 Å². The summed E-state index contributed by atoms with van der Waals surface area (Å²) < 4.78 is 29.8. The number of esters is 1. The number of rotatable bonds is 3. The van der Waals surface area contributed by atoms with Crippen LogP contribution in [0.15, 0.2) is 6.20 Å². The minimum absolute atomic E-state index is 0.340. The van der Waals surface area contributed by atoms with Gasteiger partial charge in [-0.15, -0.1) is 0 Å². The van der Waals surface area contributed by atoms with E-state index in [0.717, 1.165) is 20.2 Å². The highest BCUT2D eigenvalue weighted by Crippen LogP contribution is 2.30.